The average molecular weight is 519 g/mol. The number of non-ortho nitro benzene ring substituents is 1. The lowest BCUT2D eigenvalue weighted by Crippen LogP contribution is -2.41. The molecule has 0 atom stereocenters. The normalized spacial score (nSPS) is 11.6. The summed E-state index contributed by atoms with van der Waals surface area (Å²) in [6.07, 6.45) is 0. The summed E-state index contributed by atoms with van der Waals surface area (Å²) in [4.78, 5) is 24.1. The summed E-state index contributed by atoms with van der Waals surface area (Å²) >= 11 is 0. The number of benzene rings is 3. The van der Waals surface area contributed by atoms with Gasteiger partial charge in [-0.25, -0.2) is 16.8 Å². The molecule has 35 heavy (non-hydrogen) atoms. The zero-order valence-electron chi connectivity index (χ0n) is 18.9. The van der Waals surface area contributed by atoms with E-state index in [1.54, 1.807) is 19.1 Å². The van der Waals surface area contributed by atoms with Crippen LogP contribution in [0.2, 0.25) is 0 Å². The molecule has 0 aliphatic carbocycles. The summed E-state index contributed by atoms with van der Waals surface area (Å²) in [5.41, 5.74) is 3.71. The number of aryl methyl sites for hydroxylation is 3. The van der Waals surface area contributed by atoms with E-state index in [-0.39, 0.29) is 20.9 Å². The van der Waals surface area contributed by atoms with Crippen LogP contribution in [0.4, 0.5) is 11.4 Å². The Balaban J connectivity index is 1.79. The van der Waals surface area contributed by atoms with E-state index in [0.29, 0.717) is 11.3 Å². The first-order chi connectivity index (χ1) is 16.3. The first-order valence-electron chi connectivity index (χ1n) is 10.1. The zero-order valence-corrected chi connectivity index (χ0v) is 20.5. The number of nitro groups is 1. The Morgan fingerprint density at radius 1 is 0.857 bits per heavy atom. The Kier molecular flexibility index (Phi) is 7.24. The van der Waals surface area contributed by atoms with Crippen molar-refractivity contribution in [3.63, 3.8) is 0 Å². The second-order valence-corrected chi connectivity index (χ2v) is 11.1. The number of hydrogen-bond acceptors (Lipinski definition) is 7. The lowest BCUT2D eigenvalue weighted by Gasteiger charge is -2.13. The van der Waals surface area contributed by atoms with Crippen LogP contribution in [0.15, 0.2) is 70.5 Å². The average Bonchev–Trinajstić information content (AvgIpc) is 2.79. The van der Waals surface area contributed by atoms with Crippen LogP contribution in [0.3, 0.4) is 0 Å². The van der Waals surface area contributed by atoms with Crippen molar-refractivity contribution >= 4 is 37.3 Å². The second kappa shape index (κ2) is 9.82. The third-order valence-corrected chi connectivity index (χ3v) is 7.76. The molecule has 11 nitrogen and oxygen atoms in total. The van der Waals surface area contributed by atoms with E-state index in [9.17, 15) is 31.7 Å². The summed E-state index contributed by atoms with van der Waals surface area (Å²) in [5.74, 6) is -0.930. The van der Waals surface area contributed by atoms with E-state index < -0.39 is 36.6 Å². The molecule has 0 aliphatic heterocycles. The minimum absolute atomic E-state index is 0.132. The number of nitrogens with one attached hydrogen (secondary N) is 3. The van der Waals surface area contributed by atoms with E-state index in [1.807, 2.05) is 23.2 Å². The molecule has 3 aromatic rings. The van der Waals surface area contributed by atoms with Gasteiger partial charge in [-0.15, -0.1) is 4.83 Å². The lowest BCUT2D eigenvalue weighted by molar-refractivity contribution is -0.385. The minimum Gasteiger partial charge on any atom is -0.279 e. The maximum Gasteiger partial charge on any atom is 0.270 e. The zero-order chi connectivity index (χ0) is 26.0. The molecule has 13 heteroatoms. The van der Waals surface area contributed by atoms with E-state index in [0.717, 1.165) is 23.8 Å². The van der Waals surface area contributed by atoms with Crippen molar-refractivity contribution in [1.29, 1.82) is 0 Å². The van der Waals surface area contributed by atoms with Gasteiger partial charge in [0.1, 0.15) is 0 Å². The number of amides is 1. The highest BCUT2D eigenvalue weighted by Crippen LogP contribution is 2.22. The molecule has 0 fully saturated rings. The van der Waals surface area contributed by atoms with E-state index in [1.165, 1.54) is 31.2 Å². The Hall–Kier alpha value is -3.81. The molecule has 0 aromatic heterocycles. The summed E-state index contributed by atoms with van der Waals surface area (Å²) in [5, 5.41) is 11.0. The molecule has 0 bridgehead atoms. The van der Waals surface area contributed by atoms with Crippen LogP contribution in [-0.2, 0) is 20.0 Å². The molecule has 0 radical (unpaired) electrons. The fourth-order valence-corrected chi connectivity index (χ4v) is 5.45. The predicted octanol–water partition coefficient (Wildman–Crippen LogP) is 2.94. The van der Waals surface area contributed by atoms with Crippen molar-refractivity contribution in [3.05, 3.63) is 93.0 Å². The molecule has 184 valence electrons. The molecular weight excluding hydrogens is 496 g/mol. The van der Waals surface area contributed by atoms with Gasteiger partial charge in [-0.1, -0.05) is 29.8 Å². The number of carbonyl (C=O) groups is 1. The van der Waals surface area contributed by atoms with Gasteiger partial charge in [-0.05, 0) is 56.2 Å². The summed E-state index contributed by atoms with van der Waals surface area (Å²) < 4.78 is 53.3. The number of hydrazine groups is 1. The van der Waals surface area contributed by atoms with Crippen LogP contribution in [0, 0.1) is 30.9 Å². The first-order valence-corrected chi connectivity index (χ1v) is 13.0. The van der Waals surface area contributed by atoms with E-state index in [2.05, 4.69) is 4.72 Å². The molecule has 0 unspecified atom stereocenters. The maximum absolute atomic E-state index is 12.8. The summed E-state index contributed by atoms with van der Waals surface area (Å²) in [6.45, 7) is 5.07. The van der Waals surface area contributed by atoms with Gasteiger partial charge in [0.25, 0.3) is 31.6 Å². The minimum atomic E-state index is -4.35. The van der Waals surface area contributed by atoms with Crippen molar-refractivity contribution in [2.45, 2.75) is 30.6 Å². The largest absolute Gasteiger partial charge is 0.279 e. The number of anilines is 1. The Bertz CT molecular complexity index is 1540. The van der Waals surface area contributed by atoms with Crippen molar-refractivity contribution in [2.75, 3.05) is 4.72 Å². The van der Waals surface area contributed by atoms with Crippen molar-refractivity contribution in [2.24, 2.45) is 0 Å². The molecule has 0 aliphatic rings. The molecule has 3 aromatic carbocycles. The van der Waals surface area contributed by atoms with Gasteiger partial charge >= 0.3 is 0 Å². The van der Waals surface area contributed by atoms with Gasteiger partial charge in [0, 0.05) is 17.7 Å². The van der Waals surface area contributed by atoms with Crippen LogP contribution < -0.4 is 15.0 Å². The van der Waals surface area contributed by atoms with Crippen LogP contribution >= 0.6 is 0 Å². The van der Waals surface area contributed by atoms with Crippen LogP contribution in [-0.4, -0.2) is 27.7 Å². The number of nitrogens with zero attached hydrogens (tertiary/aromatic N) is 1. The molecule has 0 spiro atoms. The summed E-state index contributed by atoms with van der Waals surface area (Å²) in [7, 11) is -8.40. The fourth-order valence-electron chi connectivity index (χ4n) is 3.17. The fraction of sp³-hybridized carbons (Fsp3) is 0.136. The second-order valence-electron chi connectivity index (χ2n) is 7.72. The Morgan fingerprint density at radius 2 is 1.57 bits per heavy atom. The Morgan fingerprint density at radius 3 is 2.23 bits per heavy atom. The molecule has 0 heterocycles. The highest BCUT2D eigenvalue weighted by molar-refractivity contribution is 7.92. The number of rotatable bonds is 8. The van der Waals surface area contributed by atoms with Crippen molar-refractivity contribution < 1.29 is 26.6 Å². The van der Waals surface area contributed by atoms with E-state index in [4.69, 9.17) is 0 Å². The number of nitro benzene ring substituents is 1. The molecule has 3 rings (SSSR count). The quantitative estimate of drug-likeness (QED) is 0.305. The highest BCUT2D eigenvalue weighted by Gasteiger charge is 2.22. The van der Waals surface area contributed by atoms with Gasteiger partial charge in [0.2, 0.25) is 0 Å². The van der Waals surface area contributed by atoms with Crippen molar-refractivity contribution in [3.8, 4) is 0 Å². The van der Waals surface area contributed by atoms with Gasteiger partial charge in [0.15, 0.2) is 0 Å². The molecule has 1 amide bonds. The topological polar surface area (TPSA) is 165 Å². The maximum atomic E-state index is 12.8. The number of sulfonamides is 2. The number of carbonyl (C=O) groups excluding carboxylic acids is 1. The predicted molar refractivity (Wildman–Crippen MR) is 129 cm³/mol. The van der Waals surface area contributed by atoms with Crippen LogP contribution in [0.25, 0.3) is 0 Å². The van der Waals surface area contributed by atoms with Gasteiger partial charge < -0.3 is 0 Å². The molecule has 0 saturated heterocycles. The third kappa shape index (κ3) is 6.01. The SMILES string of the molecule is Cc1ccc(NS(=O)(=O)c2cccc(C(=O)NNS(=O)(=O)c3cc([N+](=O)[O-])ccc3C)c2)c(C)c1. The summed E-state index contributed by atoms with van der Waals surface area (Å²) in [6, 6.07) is 13.5. The standard InChI is InChI=1S/C22H22N4O7S2/c1-14-7-10-20(16(3)11-14)24-34(30,31)19-6-4-5-17(12-19)22(27)23-25-35(32,33)21-13-18(26(28)29)9-8-15(21)2/h4-13,24-25H,1-3H3,(H,23,27). The Labute approximate surface area is 202 Å². The van der Waals surface area contributed by atoms with Crippen LogP contribution in [0.1, 0.15) is 27.0 Å². The number of hydrogen-bond donors (Lipinski definition) is 3. The highest BCUT2D eigenvalue weighted by atomic mass is 32.2. The molecular formula is C22H22N4O7S2. The van der Waals surface area contributed by atoms with Gasteiger partial charge in [0.05, 0.1) is 20.4 Å². The molecule has 0 saturated carbocycles. The smallest absolute Gasteiger partial charge is 0.270 e. The van der Waals surface area contributed by atoms with E-state index >= 15 is 0 Å². The van der Waals surface area contributed by atoms with Gasteiger partial charge in [-0.2, -0.15) is 0 Å². The first kappa shape index (κ1) is 25.8. The van der Waals surface area contributed by atoms with Crippen LogP contribution in [0.5, 0.6) is 0 Å². The molecule has 3 N–H and O–H groups in total. The monoisotopic (exact) mass is 518 g/mol. The van der Waals surface area contributed by atoms with Gasteiger partial charge in [-0.3, -0.25) is 25.1 Å². The third-order valence-electron chi connectivity index (χ3n) is 5.00. The lowest BCUT2D eigenvalue weighted by atomic mass is 10.1. The van der Waals surface area contributed by atoms with Crippen molar-refractivity contribution in [1.82, 2.24) is 10.3 Å².